The quantitative estimate of drug-likeness (QED) is 0.648. The van der Waals surface area contributed by atoms with E-state index in [0.29, 0.717) is 29.0 Å². The second-order valence-electron chi connectivity index (χ2n) is 6.15. The van der Waals surface area contributed by atoms with Crippen LogP contribution in [-0.2, 0) is 13.0 Å². The summed E-state index contributed by atoms with van der Waals surface area (Å²) in [6.45, 7) is 0.445. The Kier molecular flexibility index (Phi) is 6.00. The summed E-state index contributed by atoms with van der Waals surface area (Å²) in [5, 5.41) is 2.92. The van der Waals surface area contributed by atoms with E-state index in [4.69, 9.17) is 4.74 Å². The highest BCUT2D eigenvalue weighted by atomic mass is 16.5. The van der Waals surface area contributed by atoms with Gasteiger partial charge in [-0.2, -0.15) is 0 Å². The molecule has 0 saturated heterocycles. The maximum Gasteiger partial charge on any atom is 0.251 e. The van der Waals surface area contributed by atoms with Crippen molar-refractivity contribution in [2.45, 2.75) is 13.0 Å². The second-order valence-corrected chi connectivity index (χ2v) is 6.15. The fourth-order valence-electron chi connectivity index (χ4n) is 2.82. The van der Waals surface area contributed by atoms with Gasteiger partial charge in [-0.15, -0.1) is 0 Å². The molecule has 0 atom stereocenters. The number of amides is 1. The van der Waals surface area contributed by atoms with Crippen LogP contribution in [0, 0.1) is 0 Å². The summed E-state index contributed by atoms with van der Waals surface area (Å²) < 4.78 is 5.12. The Bertz CT molecular complexity index is 918. The van der Waals surface area contributed by atoms with Gasteiger partial charge in [-0.3, -0.25) is 9.59 Å². The Morgan fingerprint density at radius 1 is 0.852 bits per heavy atom. The van der Waals surface area contributed by atoms with Crippen molar-refractivity contribution in [3.05, 3.63) is 101 Å². The largest absolute Gasteiger partial charge is 0.497 e. The predicted octanol–water partition coefficient (Wildman–Crippen LogP) is 4.05. The van der Waals surface area contributed by atoms with Crippen molar-refractivity contribution in [3.8, 4) is 5.75 Å². The SMILES string of the molecule is COc1ccc(C(=O)Cc2ccccc2C(=O)NCc2ccccc2)cc1. The van der Waals surface area contributed by atoms with Crippen LogP contribution in [0.3, 0.4) is 0 Å². The molecule has 4 heteroatoms. The van der Waals surface area contributed by atoms with Crippen molar-refractivity contribution in [3.63, 3.8) is 0 Å². The highest BCUT2D eigenvalue weighted by Gasteiger charge is 2.14. The molecule has 27 heavy (non-hydrogen) atoms. The molecule has 4 nitrogen and oxygen atoms in total. The highest BCUT2D eigenvalue weighted by Crippen LogP contribution is 2.16. The molecule has 3 aromatic rings. The molecule has 1 N–H and O–H groups in total. The van der Waals surface area contributed by atoms with E-state index in [1.165, 1.54) is 0 Å². The highest BCUT2D eigenvalue weighted by molar-refractivity contribution is 6.01. The molecule has 0 aliphatic heterocycles. The topological polar surface area (TPSA) is 55.4 Å². The van der Waals surface area contributed by atoms with Crippen LogP contribution in [0.2, 0.25) is 0 Å². The Labute approximate surface area is 158 Å². The molecule has 0 unspecified atom stereocenters. The standard InChI is InChI=1S/C23H21NO3/c1-27-20-13-11-18(12-14-20)22(25)15-19-9-5-6-10-21(19)23(26)24-16-17-7-3-2-4-8-17/h2-14H,15-16H2,1H3,(H,24,26). The van der Waals surface area contributed by atoms with E-state index in [1.807, 2.05) is 42.5 Å². The van der Waals surface area contributed by atoms with Crippen molar-refractivity contribution in [1.29, 1.82) is 0 Å². The summed E-state index contributed by atoms with van der Waals surface area (Å²) in [5.74, 6) is 0.477. The molecule has 0 aromatic heterocycles. The lowest BCUT2D eigenvalue weighted by atomic mass is 9.98. The normalized spacial score (nSPS) is 10.3. The van der Waals surface area contributed by atoms with Crippen LogP contribution in [-0.4, -0.2) is 18.8 Å². The summed E-state index contributed by atoms with van der Waals surface area (Å²) >= 11 is 0. The van der Waals surface area contributed by atoms with Gasteiger partial charge in [0.1, 0.15) is 5.75 Å². The lowest BCUT2D eigenvalue weighted by molar-refractivity contribution is 0.0950. The number of nitrogens with one attached hydrogen (secondary N) is 1. The molecular weight excluding hydrogens is 338 g/mol. The van der Waals surface area contributed by atoms with E-state index in [-0.39, 0.29) is 18.1 Å². The number of carbonyl (C=O) groups is 2. The van der Waals surface area contributed by atoms with Gasteiger partial charge < -0.3 is 10.1 Å². The van der Waals surface area contributed by atoms with Gasteiger partial charge in [-0.05, 0) is 41.5 Å². The van der Waals surface area contributed by atoms with Crippen molar-refractivity contribution in [1.82, 2.24) is 5.32 Å². The summed E-state index contributed by atoms with van der Waals surface area (Å²) in [6.07, 6.45) is 0.168. The molecule has 3 aromatic carbocycles. The third kappa shape index (κ3) is 4.82. The Morgan fingerprint density at radius 3 is 2.22 bits per heavy atom. The zero-order chi connectivity index (χ0) is 19.1. The number of ketones is 1. The number of Topliss-reactive ketones (excluding diaryl/α,β-unsaturated/α-hetero) is 1. The molecule has 0 saturated carbocycles. The fourth-order valence-corrected chi connectivity index (χ4v) is 2.82. The maximum atomic E-state index is 12.6. The molecule has 0 aliphatic rings. The van der Waals surface area contributed by atoms with Crippen LogP contribution in [0.1, 0.15) is 31.8 Å². The number of methoxy groups -OCH3 is 1. The van der Waals surface area contributed by atoms with E-state index in [2.05, 4.69) is 5.32 Å². The van der Waals surface area contributed by atoms with Crippen molar-refractivity contribution >= 4 is 11.7 Å². The minimum absolute atomic E-state index is 0.0408. The van der Waals surface area contributed by atoms with E-state index >= 15 is 0 Å². The van der Waals surface area contributed by atoms with Crippen LogP contribution in [0.5, 0.6) is 5.75 Å². The van der Waals surface area contributed by atoms with Gasteiger partial charge in [0.15, 0.2) is 5.78 Å². The molecule has 136 valence electrons. The molecule has 1 amide bonds. The minimum Gasteiger partial charge on any atom is -0.497 e. The lowest BCUT2D eigenvalue weighted by Crippen LogP contribution is -2.24. The van der Waals surface area contributed by atoms with E-state index in [1.54, 1.807) is 43.5 Å². The minimum atomic E-state index is -0.183. The average Bonchev–Trinajstić information content (AvgIpc) is 2.73. The zero-order valence-corrected chi connectivity index (χ0v) is 15.1. The number of hydrogen-bond donors (Lipinski definition) is 1. The van der Waals surface area contributed by atoms with Crippen molar-refractivity contribution < 1.29 is 14.3 Å². The van der Waals surface area contributed by atoms with E-state index in [9.17, 15) is 9.59 Å². The van der Waals surface area contributed by atoms with Crippen molar-refractivity contribution in [2.24, 2.45) is 0 Å². The van der Waals surface area contributed by atoms with Gasteiger partial charge >= 0.3 is 0 Å². The molecular formula is C23H21NO3. The first-order valence-electron chi connectivity index (χ1n) is 8.74. The van der Waals surface area contributed by atoms with Crippen molar-refractivity contribution in [2.75, 3.05) is 7.11 Å². The smallest absolute Gasteiger partial charge is 0.251 e. The monoisotopic (exact) mass is 359 g/mol. The van der Waals surface area contributed by atoms with Gasteiger partial charge in [0.2, 0.25) is 0 Å². The first kappa shape index (κ1) is 18.4. The van der Waals surface area contributed by atoms with Crippen LogP contribution < -0.4 is 10.1 Å². The van der Waals surface area contributed by atoms with Gasteiger partial charge in [0.25, 0.3) is 5.91 Å². The first-order valence-corrected chi connectivity index (χ1v) is 8.74. The van der Waals surface area contributed by atoms with Gasteiger partial charge in [0, 0.05) is 24.1 Å². The summed E-state index contributed by atoms with van der Waals surface area (Å²) in [7, 11) is 1.58. The molecule has 0 heterocycles. The second kappa shape index (κ2) is 8.81. The molecule has 0 fully saturated rings. The summed E-state index contributed by atoms with van der Waals surface area (Å²) in [6, 6.07) is 23.9. The average molecular weight is 359 g/mol. The fraction of sp³-hybridized carbons (Fsp3) is 0.130. The predicted molar refractivity (Wildman–Crippen MR) is 105 cm³/mol. The molecule has 0 bridgehead atoms. The number of carbonyl (C=O) groups excluding carboxylic acids is 2. The molecule has 3 rings (SSSR count). The van der Waals surface area contributed by atoms with E-state index in [0.717, 1.165) is 5.56 Å². The third-order valence-corrected chi connectivity index (χ3v) is 4.32. The first-order chi connectivity index (χ1) is 13.2. The maximum absolute atomic E-state index is 12.6. The number of benzene rings is 3. The van der Waals surface area contributed by atoms with Gasteiger partial charge in [-0.25, -0.2) is 0 Å². The zero-order valence-electron chi connectivity index (χ0n) is 15.1. The summed E-state index contributed by atoms with van der Waals surface area (Å²) in [4.78, 5) is 25.2. The van der Waals surface area contributed by atoms with Crippen LogP contribution in [0.15, 0.2) is 78.9 Å². The summed E-state index contributed by atoms with van der Waals surface area (Å²) in [5.41, 5.74) is 2.85. The Balaban J connectivity index is 1.71. The number of rotatable bonds is 7. The van der Waals surface area contributed by atoms with Gasteiger partial charge in [0.05, 0.1) is 7.11 Å². The van der Waals surface area contributed by atoms with E-state index < -0.39 is 0 Å². The number of hydrogen-bond acceptors (Lipinski definition) is 3. The lowest BCUT2D eigenvalue weighted by Gasteiger charge is -2.10. The molecule has 0 aliphatic carbocycles. The van der Waals surface area contributed by atoms with Gasteiger partial charge in [-0.1, -0.05) is 48.5 Å². The number of ether oxygens (including phenoxy) is 1. The molecule has 0 spiro atoms. The molecule has 0 radical (unpaired) electrons. The van der Waals surface area contributed by atoms with Crippen LogP contribution in [0.25, 0.3) is 0 Å². The van der Waals surface area contributed by atoms with Crippen LogP contribution >= 0.6 is 0 Å². The van der Waals surface area contributed by atoms with Crippen LogP contribution in [0.4, 0.5) is 0 Å². The Morgan fingerprint density at radius 2 is 1.52 bits per heavy atom. The third-order valence-electron chi connectivity index (χ3n) is 4.32. The Hall–Kier alpha value is -3.40.